The van der Waals surface area contributed by atoms with Crippen molar-refractivity contribution in [1.29, 1.82) is 0 Å². The normalized spacial score (nSPS) is 21.5. The number of anilines is 1. The highest BCUT2D eigenvalue weighted by Crippen LogP contribution is 2.35. The first-order chi connectivity index (χ1) is 23.0. The van der Waals surface area contributed by atoms with E-state index in [2.05, 4.69) is 26.6 Å². The number of carbonyl (C=O) groups is 5. The minimum atomic E-state index is -1.06. The van der Waals surface area contributed by atoms with Gasteiger partial charge in [0.1, 0.15) is 36.0 Å². The third-order valence-electron chi connectivity index (χ3n) is 8.48. The van der Waals surface area contributed by atoms with Crippen LogP contribution in [0.1, 0.15) is 41.3 Å². The van der Waals surface area contributed by atoms with Crippen molar-refractivity contribution in [3.05, 3.63) is 95.6 Å². The van der Waals surface area contributed by atoms with E-state index in [0.717, 1.165) is 16.8 Å². The smallest absolute Gasteiger partial charge is 0.252 e. The summed E-state index contributed by atoms with van der Waals surface area (Å²) in [4.78, 5) is 69.1. The van der Waals surface area contributed by atoms with E-state index >= 15 is 0 Å². The van der Waals surface area contributed by atoms with Crippen LogP contribution in [-0.2, 0) is 32.0 Å². The minimum absolute atomic E-state index is 0.136. The molecule has 6 rings (SSSR count). The van der Waals surface area contributed by atoms with Gasteiger partial charge in [-0.3, -0.25) is 24.0 Å². The van der Waals surface area contributed by atoms with Gasteiger partial charge in [0.05, 0.1) is 6.54 Å². The molecule has 3 atom stereocenters. The molecule has 1 aliphatic carbocycles. The van der Waals surface area contributed by atoms with Gasteiger partial charge >= 0.3 is 0 Å². The van der Waals surface area contributed by atoms with Crippen molar-refractivity contribution in [2.24, 2.45) is 0 Å². The first kappa shape index (κ1) is 34.0. The SMILES string of the molecule is C[C@@H]1NC(=O)[C@@H](NC(=O)c2cccc(N(C)C)c2)Cc2ccc(cc2)OCCNC(=O)C2(CC2)NC(=O)[C@@H](Cc2ccccc2)NC1=O. The Kier molecular flexibility index (Phi) is 10.6. The van der Waals surface area contributed by atoms with Crippen molar-refractivity contribution < 1.29 is 28.7 Å². The Morgan fingerprint density at radius 2 is 1.62 bits per heavy atom. The second-order valence-corrected chi connectivity index (χ2v) is 12.5. The number of ether oxygens (including phenoxy) is 1. The summed E-state index contributed by atoms with van der Waals surface area (Å²) in [5.41, 5.74) is 1.70. The molecule has 5 amide bonds. The molecular weight excluding hydrogens is 612 g/mol. The lowest BCUT2D eigenvalue weighted by Crippen LogP contribution is -2.59. The van der Waals surface area contributed by atoms with Gasteiger partial charge in [-0.1, -0.05) is 48.5 Å². The van der Waals surface area contributed by atoms with E-state index in [9.17, 15) is 24.0 Å². The van der Waals surface area contributed by atoms with Gasteiger partial charge in [-0.25, -0.2) is 0 Å². The summed E-state index contributed by atoms with van der Waals surface area (Å²) < 4.78 is 5.81. The molecule has 1 saturated carbocycles. The number of nitrogens with one attached hydrogen (secondary N) is 5. The molecule has 0 saturated heterocycles. The lowest BCUT2D eigenvalue weighted by molar-refractivity contribution is -0.134. The highest BCUT2D eigenvalue weighted by atomic mass is 16.5. The molecular formula is C36H42N6O6. The van der Waals surface area contributed by atoms with Crippen LogP contribution in [0, 0.1) is 0 Å². The number of nitrogens with zero attached hydrogens (tertiary/aromatic N) is 1. The average molecular weight is 655 g/mol. The third kappa shape index (κ3) is 8.69. The van der Waals surface area contributed by atoms with Crippen LogP contribution in [0.5, 0.6) is 5.75 Å². The van der Waals surface area contributed by atoms with Crippen LogP contribution in [0.4, 0.5) is 5.69 Å². The monoisotopic (exact) mass is 654 g/mol. The Labute approximate surface area is 280 Å². The zero-order valence-electron chi connectivity index (χ0n) is 27.4. The molecule has 2 bridgehead atoms. The Morgan fingerprint density at radius 1 is 0.896 bits per heavy atom. The topological polar surface area (TPSA) is 158 Å². The maximum atomic E-state index is 13.7. The van der Waals surface area contributed by atoms with Crippen molar-refractivity contribution >= 4 is 35.2 Å². The molecule has 5 N–H and O–H groups in total. The maximum absolute atomic E-state index is 13.7. The second-order valence-electron chi connectivity index (χ2n) is 12.5. The van der Waals surface area contributed by atoms with Crippen molar-refractivity contribution in [2.75, 3.05) is 32.1 Å². The number of carbonyl (C=O) groups excluding carboxylic acids is 5. The van der Waals surface area contributed by atoms with Gasteiger partial charge < -0.3 is 36.2 Å². The van der Waals surface area contributed by atoms with Crippen molar-refractivity contribution in [1.82, 2.24) is 26.6 Å². The molecule has 3 aromatic carbocycles. The molecule has 48 heavy (non-hydrogen) atoms. The highest BCUT2D eigenvalue weighted by molar-refractivity contribution is 6.00. The number of hydrogen-bond acceptors (Lipinski definition) is 7. The predicted molar refractivity (Wildman–Crippen MR) is 180 cm³/mol. The Morgan fingerprint density at radius 3 is 2.31 bits per heavy atom. The fourth-order valence-electron chi connectivity index (χ4n) is 5.43. The van der Waals surface area contributed by atoms with E-state index in [1.807, 2.05) is 55.4 Å². The van der Waals surface area contributed by atoms with E-state index in [4.69, 9.17) is 4.74 Å². The zero-order valence-corrected chi connectivity index (χ0v) is 27.4. The van der Waals surface area contributed by atoms with Crippen LogP contribution in [0.2, 0.25) is 0 Å². The van der Waals surface area contributed by atoms with Crippen LogP contribution in [0.25, 0.3) is 0 Å². The van der Waals surface area contributed by atoms with Crippen LogP contribution < -0.4 is 36.2 Å². The summed E-state index contributed by atoms with van der Waals surface area (Å²) in [6, 6.07) is 20.2. The molecule has 3 aliphatic rings. The van der Waals surface area contributed by atoms with E-state index in [1.54, 1.807) is 42.5 Å². The number of amides is 5. The number of hydrogen-bond donors (Lipinski definition) is 5. The average Bonchev–Trinajstić information content (AvgIpc) is 3.87. The first-order valence-corrected chi connectivity index (χ1v) is 16.1. The molecule has 12 heteroatoms. The zero-order chi connectivity index (χ0) is 34.3. The van der Waals surface area contributed by atoms with Crippen molar-refractivity contribution in [3.8, 4) is 5.75 Å². The van der Waals surface area contributed by atoms with Crippen LogP contribution in [-0.4, -0.2) is 80.4 Å². The van der Waals surface area contributed by atoms with Crippen molar-refractivity contribution in [3.63, 3.8) is 0 Å². The minimum Gasteiger partial charge on any atom is -0.492 e. The molecule has 12 nitrogen and oxygen atoms in total. The Hall–Kier alpha value is -5.39. The summed E-state index contributed by atoms with van der Waals surface area (Å²) in [6.07, 6.45) is 1.25. The number of fused-ring (bicyclic) bond motifs is 15. The van der Waals surface area contributed by atoms with E-state index in [0.29, 0.717) is 24.2 Å². The van der Waals surface area contributed by atoms with E-state index in [-0.39, 0.29) is 31.9 Å². The van der Waals surface area contributed by atoms with Gasteiger partial charge in [0.2, 0.25) is 23.6 Å². The molecule has 2 aliphatic heterocycles. The van der Waals surface area contributed by atoms with Gasteiger partial charge in [0.25, 0.3) is 5.91 Å². The Bertz CT molecular complexity index is 1640. The van der Waals surface area contributed by atoms with Gasteiger partial charge in [-0.2, -0.15) is 0 Å². The third-order valence-corrected chi connectivity index (χ3v) is 8.48. The van der Waals surface area contributed by atoms with Gasteiger partial charge in [-0.15, -0.1) is 0 Å². The first-order valence-electron chi connectivity index (χ1n) is 16.1. The maximum Gasteiger partial charge on any atom is 0.252 e. The van der Waals surface area contributed by atoms with Gasteiger partial charge in [-0.05, 0) is 61.2 Å². The summed E-state index contributed by atoms with van der Waals surface area (Å²) in [5, 5.41) is 14.0. The van der Waals surface area contributed by atoms with E-state index in [1.165, 1.54) is 6.92 Å². The molecule has 0 radical (unpaired) electrons. The lowest BCUT2D eigenvalue weighted by atomic mass is 10.0. The molecule has 0 aromatic heterocycles. The van der Waals surface area contributed by atoms with Crippen molar-refractivity contribution in [2.45, 2.75) is 56.3 Å². The summed E-state index contributed by atoms with van der Waals surface area (Å²) in [5.74, 6) is -1.85. The molecule has 3 aromatic rings. The molecule has 252 valence electrons. The predicted octanol–water partition coefficient (Wildman–Crippen LogP) is 1.48. The van der Waals surface area contributed by atoms with Crippen LogP contribution in [0.3, 0.4) is 0 Å². The van der Waals surface area contributed by atoms with Crippen LogP contribution in [0.15, 0.2) is 78.9 Å². The summed E-state index contributed by atoms with van der Waals surface area (Å²) >= 11 is 0. The number of rotatable bonds is 5. The fraction of sp³-hybridized carbons (Fsp3) is 0.361. The summed E-state index contributed by atoms with van der Waals surface area (Å²) in [6.45, 7) is 1.94. The molecule has 2 heterocycles. The fourth-order valence-corrected chi connectivity index (χ4v) is 5.43. The second kappa shape index (κ2) is 15.0. The largest absolute Gasteiger partial charge is 0.492 e. The molecule has 0 unspecified atom stereocenters. The van der Waals surface area contributed by atoms with Gasteiger partial charge in [0.15, 0.2) is 0 Å². The Balaban J connectivity index is 1.39. The highest BCUT2D eigenvalue weighted by Gasteiger charge is 2.51. The van der Waals surface area contributed by atoms with Crippen LogP contribution >= 0.6 is 0 Å². The summed E-state index contributed by atoms with van der Waals surface area (Å²) in [7, 11) is 3.74. The molecule has 1 fully saturated rings. The molecule has 1 spiro atoms. The standard InChI is InChI=1S/C36H42N6O6/c1-23-31(43)39-30(20-24-8-5-4-6-9-24)34(46)41-36(16-17-36)35(47)37-18-19-48-28-14-12-25(13-15-28)21-29(33(45)38-23)40-32(44)26-10-7-11-27(22-26)42(2)3/h4-15,22-23,29-30H,16-21H2,1-3H3,(H,37,47)(H,38,45)(H,39,43)(H,40,44)(H,41,46)/t23-,29-,30+/m0/s1. The quantitative estimate of drug-likeness (QED) is 0.261. The van der Waals surface area contributed by atoms with Gasteiger partial charge in [0, 0.05) is 38.2 Å². The lowest BCUT2D eigenvalue weighted by Gasteiger charge is -2.25. The number of benzene rings is 3. The van der Waals surface area contributed by atoms with E-state index < -0.39 is 47.3 Å².